The molecule has 0 radical (unpaired) electrons. The minimum atomic E-state index is 0.216. The van der Waals surface area contributed by atoms with Crippen LogP contribution in [0.4, 0.5) is 0 Å². The van der Waals surface area contributed by atoms with Gasteiger partial charge in [0.15, 0.2) is 0 Å². The zero-order valence-corrected chi connectivity index (χ0v) is 8.51. The molecule has 0 aliphatic heterocycles. The smallest absolute Gasteiger partial charge is 0.141 e. The lowest BCUT2D eigenvalue weighted by atomic mass is 10.1. The Morgan fingerprint density at radius 3 is 2.93 bits per heavy atom. The molecule has 1 heterocycles. The second kappa shape index (κ2) is 4.64. The number of oxime groups is 1. The molecule has 0 aliphatic rings. The van der Waals surface area contributed by atoms with Crippen molar-refractivity contribution in [2.24, 2.45) is 10.9 Å². The fraction of sp³-hybridized carbons (Fsp3) is 0.556. The van der Waals surface area contributed by atoms with Crippen molar-refractivity contribution in [2.75, 3.05) is 0 Å². The molecule has 5 heteroatoms. The molecule has 14 heavy (non-hydrogen) atoms. The van der Waals surface area contributed by atoms with Gasteiger partial charge in [-0.25, -0.2) is 4.98 Å². The van der Waals surface area contributed by atoms with Gasteiger partial charge in [0.1, 0.15) is 11.7 Å². The Balaban J connectivity index is 2.78. The first kappa shape index (κ1) is 10.6. The van der Waals surface area contributed by atoms with Crippen LogP contribution in [0.3, 0.4) is 0 Å². The third-order valence-corrected chi connectivity index (χ3v) is 2.30. The first-order chi connectivity index (χ1) is 6.69. The van der Waals surface area contributed by atoms with Crippen LogP contribution in [-0.4, -0.2) is 20.6 Å². The maximum absolute atomic E-state index is 8.48. The fourth-order valence-corrected chi connectivity index (χ4v) is 1.50. The first-order valence-electron chi connectivity index (χ1n) is 4.64. The van der Waals surface area contributed by atoms with E-state index >= 15 is 0 Å². The maximum atomic E-state index is 8.48. The van der Waals surface area contributed by atoms with E-state index in [0.717, 1.165) is 12.2 Å². The predicted molar refractivity (Wildman–Crippen MR) is 54.3 cm³/mol. The fourth-order valence-electron chi connectivity index (χ4n) is 1.50. The van der Waals surface area contributed by atoms with Crippen LogP contribution in [0, 0.1) is 6.92 Å². The average Bonchev–Trinajstić information content (AvgIpc) is 2.60. The van der Waals surface area contributed by atoms with Crippen molar-refractivity contribution in [3.05, 3.63) is 18.2 Å². The van der Waals surface area contributed by atoms with Gasteiger partial charge in [-0.05, 0) is 13.3 Å². The minimum Gasteiger partial charge on any atom is -0.409 e. The molecule has 0 fully saturated rings. The van der Waals surface area contributed by atoms with Crippen molar-refractivity contribution in [1.82, 2.24) is 9.55 Å². The molecule has 0 aromatic carbocycles. The quantitative estimate of drug-likeness (QED) is 0.329. The highest BCUT2D eigenvalue weighted by Crippen LogP contribution is 2.17. The minimum absolute atomic E-state index is 0.216. The standard InChI is InChI=1S/C9H16N4O/c1-3-8(6-9(10)12-14)13-5-4-11-7(13)2/h4-5,8,14H,3,6H2,1-2H3,(H2,10,12). The summed E-state index contributed by atoms with van der Waals surface area (Å²) in [6.45, 7) is 4.00. The van der Waals surface area contributed by atoms with E-state index in [1.165, 1.54) is 0 Å². The number of nitrogens with zero attached hydrogens (tertiary/aromatic N) is 3. The second-order valence-corrected chi connectivity index (χ2v) is 3.24. The van der Waals surface area contributed by atoms with Crippen LogP contribution in [0.2, 0.25) is 0 Å². The Kier molecular flexibility index (Phi) is 3.50. The molecule has 0 amide bonds. The first-order valence-corrected chi connectivity index (χ1v) is 4.64. The molecule has 1 unspecified atom stereocenters. The highest BCUT2D eigenvalue weighted by atomic mass is 16.4. The Hall–Kier alpha value is -1.52. The van der Waals surface area contributed by atoms with Crippen LogP contribution in [-0.2, 0) is 0 Å². The Bertz CT molecular complexity index is 318. The molecule has 5 nitrogen and oxygen atoms in total. The van der Waals surface area contributed by atoms with Gasteiger partial charge in [-0.3, -0.25) is 0 Å². The van der Waals surface area contributed by atoms with E-state index in [9.17, 15) is 0 Å². The second-order valence-electron chi connectivity index (χ2n) is 3.24. The molecule has 1 atom stereocenters. The van der Waals surface area contributed by atoms with Gasteiger partial charge in [0.25, 0.3) is 0 Å². The Morgan fingerprint density at radius 2 is 2.50 bits per heavy atom. The number of hydrogen-bond donors (Lipinski definition) is 2. The van der Waals surface area contributed by atoms with Crippen molar-refractivity contribution in [2.45, 2.75) is 32.7 Å². The van der Waals surface area contributed by atoms with Gasteiger partial charge < -0.3 is 15.5 Å². The third kappa shape index (κ3) is 2.25. The number of rotatable bonds is 4. The van der Waals surface area contributed by atoms with E-state index in [1.807, 2.05) is 17.7 Å². The molecule has 0 aliphatic carbocycles. The largest absolute Gasteiger partial charge is 0.409 e. The van der Waals surface area contributed by atoms with Crippen LogP contribution in [0.5, 0.6) is 0 Å². The van der Waals surface area contributed by atoms with E-state index in [1.54, 1.807) is 6.20 Å². The molecular formula is C9H16N4O. The number of amidine groups is 1. The van der Waals surface area contributed by atoms with Crippen molar-refractivity contribution < 1.29 is 5.21 Å². The normalized spacial score (nSPS) is 14.3. The summed E-state index contributed by atoms with van der Waals surface area (Å²) in [5.41, 5.74) is 5.47. The summed E-state index contributed by atoms with van der Waals surface area (Å²) in [6, 6.07) is 0.216. The summed E-state index contributed by atoms with van der Waals surface area (Å²) in [5.74, 6) is 1.20. The predicted octanol–water partition coefficient (Wildman–Crippen LogP) is 1.28. The summed E-state index contributed by atoms with van der Waals surface area (Å²) in [6.07, 6.45) is 5.13. The number of hydrogen-bond acceptors (Lipinski definition) is 3. The molecule has 0 saturated heterocycles. The molecule has 0 spiro atoms. The number of aromatic nitrogens is 2. The van der Waals surface area contributed by atoms with Crippen molar-refractivity contribution in [1.29, 1.82) is 0 Å². The Labute approximate surface area is 83.2 Å². The van der Waals surface area contributed by atoms with Crippen LogP contribution in [0.1, 0.15) is 31.6 Å². The summed E-state index contributed by atoms with van der Waals surface area (Å²) in [5, 5.41) is 11.5. The van der Waals surface area contributed by atoms with Crippen LogP contribution < -0.4 is 5.73 Å². The summed E-state index contributed by atoms with van der Waals surface area (Å²) < 4.78 is 2.04. The van der Waals surface area contributed by atoms with E-state index in [4.69, 9.17) is 10.9 Å². The molecular weight excluding hydrogens is 180 g/mol. The monoisotopic (exact) mass is 196 g/mol. The van der Waals surface area contributed by atoms with Crippen LogP contribution >= 0.6 is 0 Å². The van der Waals surface area contributed by atoms with E-state index in [-0.39, 0.29) is 11.9 Å². The third-order valence-electron chi connectivity index (χ3n) is 2.30. The van der Waals surface area contributed by atoms with Gasteiger partial charge >= 0.3 is 0 Å². The SMILES string of the molecule is CCC(C/C(N)=N/O)n1ccnc1C. The van der Waals surface area contributed by atoms with Crippen LogP contribution in [0.15, 0.2) is 17.5 Å². The zero-order chi connectivity index (χ0) is 10.6. The summed E-state index contributed by atoms with van der Waals surface area (Å²) in [7, 11) is 0. The summed E-state index contributed by atoms with van der Waals surface area (Å²) in [4.78, 5) is 4.14. The zero-order valence-electron chi connectivity index (χ0n) is 8.51. The van der Waals surface area contributed by atoms with Gasteiger partial charge in [0.2, 0.25) is 0 Å². The highest BCUT2D eigenvalue weighted by molar-refractivity contribution is 5.79. The molecule has 0 saturated carbocycles. The maximum Gasteiger partial charge on any atom is 0.141 e. The Morgan fingerprint density at radius 1 is 1.79 bits per heavy atom. The van der Waals surface area contributed by atoms with Gasteiger partial charge in [-0.15, -0.1) is 0 Å². The van der Waals surface area contributed by atoms with E-state index in [2.05, 4.69) is 17.1 Å². The lowest BCUT2D eigenvalue weighted by Crippen LogP contribution is -2.19. The van der Waals surface area contributed by atoms with E-state index in [0.29, 0.717) is 6.42 Å². The number of nitrogens with two attached hydrogens (primary N) is 1. The molecule has 1 aromatic rings. The lowest BCUT2D eigenvalue weighted by Gasteiger charge is -2.17. The average molecular weight is 196 g/mol. The molecule has 1 rings (SSSR count). The van der Waals surface area contributed by atoms with Crippen molar-refractivity contribution in [3.8, 4) is 0 Å². The summed E-state index contributed by atoms with van der Waals surface area (Å²) >= 11 is 0. The van der Waals surface area contributed by atoms with Gasteiger partial charge in [0, 0.05) is 24.9 Å². The molecule has 78 valence electrons. The molecule has 0 bridgehead atoms. The number of aryl methyl sites for hydroxylation is 1. The topological polar surface area (TPSA) is 76.4 Å². The van der Waals surface area contributed by atoms with Gasteiger partial charge in [0.05, 0.1) is 0 Å². The highest BCUT2D eigenvalue weighted by Gasteiger charge is 2.12. The van der Waals surface area contributed by atoms with Gasteiger partial charge in [-0.2, -0.15) is 0 Å². The molecule has 1 aromatic heterocycles. The van der Waals surface area contributed by atoms with E-state index < -0.39 is 0 Å². The molecule has 3 N–H and O–H groups in total. The van der Waals surface area contributed by atoms with Crippen LogP contribution in [0.25, 0.3) is 0 Å². The van der Waals surface area contributed by atoms with Gasteiger partial charge in [-0.1, -0.05) is 12.1 Å². The lowest BCUT2D eigenvalue weighted by molar-refractivity contribution is 0.314. The van der Waals surface area contributed by atoms with Crippen molar-refractivity contribution >= 4 is 5.84 Å². The number of imidazole rings is 1. The van der Waals surface area contributed by atoms with Crippen molar-refractivity contribution in [3.63, 3.8) is 0 Å².